The minimum absolute atomic E-state index is 0.0666. The number of anilines is 1. The number of aryl methyl sites for hydroxylation is 1. The molecule has 0 atom stereocenters. The van der Waals surface area contributed by atoms with Gasteiger partial charge in [0.1, 0.15) is 0 Å². The quantitative estimate of drug-likeness (QED) is 0.764. The van der Waals surface area contributed by atoms with Gasteiger partial charge in [-0.15, -0.1) is 0 Å². The van der Waals surface area contributed by atoms with Gasteiger partial charge in [-0.3, -0.25) is 9.79 Å². The molecule has 5 heteroatoms. The van der Waals surface area contributed by atoms with Gasteiger partial charge in [0.2, 0.25) is 5.91 Å². The summed E-state index contributed by atoms with van der Waals surface area (Å²) in [5.74, 6) is 0.0666. The van der Waals surface area contributed by atoms with E-state index in [-0.39, 0.29) is 11.3 Å². The van der Waals surface area contributed by atoms with Crippen LogP contribution < -0.4 is 5.32 Å². The van der Waals surface area contributed by atoms with E-state index in [4.69, 9.17) is 4.99 Å². The Hall–Kier alpha value is -2.27. The Bertz CT molecular complexity index is 859. The van der Waals surface area contributed by atoms with Crippen LogP contribution >= 0.6 is 11.3 Å². The summed E-state index contributed by atoms with van der Waals surface area (Å²) in [6, 6.07) is 8.30. The number of benzene rings is 1. The van der Waals surface area contributed by atoms with Crippen molar-refractivity contribution >= 4 is 33.8 Å². The highest BCUT2D eigenvalue weighted by Gasteiger charge is 2.45. The zero-order chi connectivity index (χ0) is 18.0. The molecule has 25 heavy (non-hydrogen) atoms. The molecule has 1 heterocycles. The number of aliphatic imine (C=N–C) groups is 1. The van der Waals surface area contributed by atoms with Crippen molar-refractivity contribution in [2.24, 2.45) is 10.4 Å². The molecule has 0 bridgehead atoms. The molecular formula is C20H23N3OS. The third-order valence-electron chi connectivity index (χ3n) is 4.51. The lowest BCUT2D eigenvalue weighted by molar-refractivity contribution is -0.120. The Kier molecular flexibility index (Phi) is 4.86. The highest BCUT2D eigenvalue weighted by molar-refractivity contribution is 7.17. The highest BCUT2D eigenvalue weighted by Crippen LogP contribution is 2.45. The van der Waals surface area contributed by atoms with Crippen molar-refractivity contribution in [1.29, 1.82) is 0 Å². The first kappa shape index (κ1) is 17.5. The summed E-state index contributed by atoms with van der Waals surface area (Å²) in [4.78, 5) is 22.2. The van der Waals surface area contributed by atoms with E-state index in [1.807, 2.05) is 32.9 Å². The second-order valence-corrected chi connectivity index (χ2v) is 7.82. The van der Waals surface area contributed by atoms with Gasteiger partial charge in [0, 0.05) is 17.2 Å². The van der Waals surface area contributed by atoms with Gasteiger partial charge in [-0.25, -0.2) is 4.98 Å². The molecule has 1 aliphatic rings. The molecule has 0 unspecified atom stereocenters. The molecule has 1 fully saturated rings. The number of nitrogens with zero attached hydrogens (tertiary/aromatic N) is 2. The van der Waals surface area contributed by atoms with Crippen LogP contribution in [0.15, 0.2) is 41.5 Å². The number of allylic oxidation sites excluding steroid dienone is 1. The molecule has 0 radical (unpaired) electrons. The molecule has 4 nitrogen and oxygen atoms in total. The molecule has 0 aliphatic heterocycles. The maximum absolute atomic E-state index is 12.1. The van der Waals surface area contributed by atoms with E-state index in [9.17, 15) is 4.79 Å². The largest absolute Gasteiger partial charge is 0.301 e. The molecule has 1 amide bonds. The second kappa shape index (κ2) is 6.92. The van der Waals surface area contributed by atoms with Crippen LogP contribution in [-0.4, -0.2) is 16.6 Å². The average molecular weight is 353 g/mol. The van der Waals surface area contributed by atoms with Crippen LogP contribution in [0.5, 0.6) is 0 Å². The highest BCUT2D eigenvalue weighted by atomic mass is 32.1. The van der Waals surface area contributed by atoms with Crippen molar-refractivity contribution in [2.75, 3.05) is 5.32 Å². The second-order valence-electron chi connectivity index (χ2n) is 6.79. The number of hydrogen-bond donors (Lipinski definition) is 1. The summed E-state index contributed by atoms with van der Waals surface area (Å²) in [5, 5.41) is 3.56. The number of rotatable bonds is 5. The normalized spacial score (nSPS) is 16.6. The first-order chi connectivity index (χ1) is 11.9. The van der Waals surface area contributed by atoms with Crippen LogP contribution in [0.3, 0.4) is 0 Å². The van der Waals surface area contributed by atoms with E-state index >= 15 is 0 Å². The Morgan fingerprint density at radius 3 is 2.80 bits per heavy atom. The molecule has 1 N–H and O–H groups in total. The zero-order valence-corrected chi connectivity index (χ0v) is 15.9. The van der Waals surface area contributed by atoms with Crippen molar-refractivity contribution in [1.82, 2.24) is 4.98 Å². The number of nitrogens with one attached hydrogen (secondary N) is 1. The lowest BCUT2D eigenvalue weighted by atomic mass is 10.1. The van der Waals surface area contributed by atoms with Gasteiger partial charge in [-0.05, 0) is 39.7 Å². The van der Waals surface area contributed by atoms with E-state index in [1.54, 1.807) is 6.20 Å². The van der Waals surface area contributed by atoms with Gasteiger partial charge in [0.05, 0.1) is 16.3 Å². The maximum Gasteiger partial charge on any atom is 0.232 e. The SMILES string of the molecule is C/C=C(\N=C(C)c1cnc(NC(=O)C2(C)CC2)s1)c1cccc(C)c1. The zero-order valence-electron chi connectivity index (χ0n) is 15.1. The molecular weight excluding hydrogens is 330 g/mol. The van der Waals surface area contributed by atoms with E-state index in [0.29, 0.717) is 5.13 Å². The van der Waals surface area contributed by atoms with Crippen LogP contribution in [0.25, 0.3) is 5.70 Å². The molecule has 2 aromatic rings. The standard InChI is InChI=1S/C20H23N3OS/c1-5-16(15-8-6-7-13(2)11-15)22-14(3)17-12-21-19(25-17)23-18(24)20(4)9-10-20/h5-8,11-12H,9-10H2,1-4H3,(H,21,23,24)/b16-5-,22-14?. The fraction of sp³-hybridized carbons (Fsp3) is 0.350. The monoisotopic (exact) mass is 353 g/mol. The summed E-state index contributed by atoms with van der Waals surface area (Å²) < 4.78 is 0. The Balaban J connectivity index is 1.77. The summed E-state index contributed by atoms with van der Waals surface area (Å²) in [6.45, 7) is 8.03. The smallest absolute Gasteiger partial charge is 0.232 e. The van der Waals surface area contributed by atoms with Crippen molar-refractivity contribution in [2.45, 2.75) is 40.5 Å². The molecule has 130 valence electrons. The van der Waals surface area contributed by atoms with Crippen LogP contribution in [0.2, 0.25) is 0 Å². The molecule has 1 aliphatic carbocycles. The summed E-state index contributed by atoms with van der Waals surface area (Å²) >= 11 is 1.46. The van der Waals surface area contributed by atoms with Gasteiger partial charge in [-0.2, -0.15) is 0 Å². The topological polar surface area (TPSA) is 54.4 Å². The number of amides is 1. The minimum atomic E-state index is -0.196. The molecule has 1 saturated carbocycles. The van der Waals surface area contributed by atoms with Crippen LogP contribution in [0.4, 0.5) is 5.13 Å². The lowest BCUT2D eigenvalue weighted by Crippen LogP contribution is -2.21. The third kappa shape index (κ3) is 4.04. The maximum atomic E-state index is 12.1. The summed E-state index contributed by atoms with van der Waals surface area (Å²) in [5.41, 5.74) is 3.94. The van der Waals surface area contributed by atoms with Gasteiger partial charge < -0.3 is 5.32 Å². The number of carbonyl (C=O) groups is 1. The van der Waals surface area contributed by atoms with Gasteiger partial charge in [0.15, 0.2) is 5.13 Å². The van der Waals surface area contributed by atoms with Gasteiger partial charge in [-0.1, -0.05) is 48.1 Å². The number of carbonyl (C=O) groups excluding carboxylic acids is 1. The fourth-order valence-electron chi connectivity index (χ4n) is 2.50. The Morgan fingerprint density at radius 2 is 2.16 bits per heavy atom. The lowest BCUT2D eigenvalue weighted by Gasteiger charge is -2.06. The first-order valence-corrected chi connectivity index (χ1v) is 9.29. The average Bonchev–Trinajstić information content (AvgIpc) is 3.17. The van der Waals surface area contributed by atoms with E-state index in [0.717, 1.165) is 34.7 Å². The fourth-order valence-corrected chi connectivity index (χ4v) is 3.25. The number of thiazole rings is 1. The minimum Gasteiger partial charge on any atom is -0.301 e. The predicted octanol–water partition coefficient (Wildman–Crippen LogP) is 5.06. The molecule has 0 saturated heterocycles. The summed E-state index contributed by atoms with van der Waals surface area (Å²) in [7, 11) is 0. The molecule has 1 aromatic heterocycles. The third-order valence-corrected chi connectivity index (χ3v) is 5.53. The first-order valence-electron chi connectivity index (χ1n) is 8.47. The predicted molar refractivity (Wildman–Crippen MR) is 105 cm³/mol. The Morgan fingerprint density at radius 1 is 1.40 bits per heavy atom. The number of hydrogen-bond acceptors (Lipinski definition) is 4. The van der Waals surface area contributed by atoms with Crippen LogP contribution in [-0.2, 0) is 4.79 Å². The van der Waals surface area contributed by atoms with E-state index in [2.05, 4.69) is 35.4 Å². The van der Waals surface area contributed by atoms with Crippen molar-refractivity contribution in [3.63, 3.8) is 0 Å². The van der Waals surface area contributed by atoms with Crippen molar-refractivity contribution < 1.29 is 4.79 Å². The molecule has 1 aromatic carbocycles. The van der Waals surface area contributed by atoms with Gasteiger partial charge >= 0.3 is 0 Å². The van der Waals surface area contributed by atoms with Crippen LogP contribution in [0.1, 0.15) is 49.6 Å². The van der Waals surface area contributed by atoms with E-state index < -0.39 is 0 Å². The van der Waals surface area contributed by atoms with Crippen LogP contribution in [0, 0.1) is 12.3 Å². The number of aromatic nitrogens is 1. The van der Waals surface area contributed by atoms with Gasteiger partial charge in [0.25, 0.3) is 0 Å². The van der Waals surface area contributed by atoms with Crippen molar-refractivity contribution in [3.05, 3.63) is 52.5 Å². The van der Waals surface area contributed by atoms with Crippen molar-refractivity contribution in [3.8, 4) is 0 Å². The molecule has 3 rings (SSSR count). The molecule has 0 spiro atoms. The van der Waals surface area contributed by atoms with E-state index in [1.165, 1.54) is 16.9 Å². The summed E-state index contributed by atoms with van der Waals surface area (Å²) in [6.07, 6.45) is 5.70. The Labute approximate surface area is 152 Å².